The zero-order valence-electron chi connectivity index (χ0n) is 11.6. The molecule has 0 unspecified atom stereocenters. The second-order valence-electron chi connectivity index (χ2n) is 5.54. The van der Waals surface area contributed by atoms with Crippen LogP contribution < -0.4 is 0 Å². The molecule has 1 aliphatic rings. The molecule has 0 spiro atoms. The van der Waals surface area contributed by atoms with Crippen LogP contribution in [0.2, 0.25) is 5.02 Å². The Balaban J connectivity index is 2.05. The zero-order chi connectivity index (χ0) is 15.4. The molecule has 0 radical (unpaired) electrons. The van der Waals surface area contributed by atoms with Crippen molar-refractivity contribution >= 4 is 34.3 Å². The number of fused-ring (bicyclic) bond motifs is 1. The first kappa shape index (κ1) is 14.1. The SMILES string of the molecule is CN(C)[C@]1(C(=O)c2cc(Cl)c3occc3c2)C[C@@H]1C(=O)O. The number of aliphatic carboxylic acids is 1. The number of carboxylic acid groups (broad SMARTS) is 1. The number of Topliss-reactive ketones (excluding diaryl/α,β-unsaturated/α-hetero) is 1. The van der Waals surface area contributed by atoms with Crippen LogP contribution in [0.1, 0.15) is 16.8 Å². The van der Waals surface area contributed by atoms with Crippen molar-refractivity contribution in [2.45, 2.75) is 12.0 Å². The molecule has 0 bridgehead atoms. The van der Waals surface area contributed by atoms with Crippen molar-refractivity contribution in [1.82, 2.24) is 4.90 Å². The summed E-state index contributed by atoms with van der Waals surface area (Å²) in [6.07, 6.45) is 1.82. The molecule has 1 saturated carbocycles. The first-order valence-corrected chi connectivity index (χ1v) is 6.87. The lowest BCUT2D eigenvalue weighted by molar-refractivity contribution is -0.139. The summed E-state index contributed by atoms with van der Waals surface area (Å²) in [4.78, 5) is 25.7. The number of furan rings is 1. The van der Waals surface area contributed by atoms with Crippen LogP contribution in [0.4, 0.5) is 0 Å². The van der Waals surface area contributed by atoms with Crippen LogP contribution in [0.25, 0.3) is 11.0 Å². The third-order valence-electron chi connectivity index (χ3n) is 4.19. The van der Waals surface area contributed by atoms with Gasteiger partial charge >= 0.3 is 5.97 Å². The minimum atomic E-state index is -0.980. The van der Waals surface area contributed by atoms with E-state index in [0.717, 1.165) is 5.39 Å². The number of likely N-dealkylation sites (N-methyl/N-ethyl adjacent to an activating group) is 1. The highest BCUT2D eigenvalue weighted by Gasteiger charge is 2.65. The lowest BCUT2D eigenvalue weighted by Gasteiger charge is -2.23. The maximum atomic E-state index is 12.8. The van der Waals surface area contributed by atoms with Crippen molar-refractivity contribution in [2.24, 2.45) is 5.92 Å². The molecule has 110 valence electrons. The summed E-state index contributed by atoms with van der Waals surface area (Å²) >= 11 is 6.12. The summed E-state index contributed by atoms with van der Waals surface area (Å²) < 4.78 is 5.24. The third-order valence-corrected chi connectivity index (χ3v) is 4.47. The van der Waals surface area contributed by atoms with Crippen LogP contribution in [-0.4, -0.2) is 41.4 Å². The molecule has 1 N–H and O–H groups in total. The predicted molar refractivity (Wildman–Crippen MR) is 77.7 cm³/mol. The zero-order valence-corrected chi connectivity index (χ0v) is 12.3. The summed E-state index contributed by atoms with van der Waals surface area (Å²) in [5.74, 6) is -1.85. The number of carboxylic acids is 1. The molecule has 1 aromatic carbocycles. The lowest BCUT2D eigenvalue weighted by atomic mass is 9.98. The number of hydrogen-bond acceptors (Lipinski definition) is 4. The summed E-state index contributed by atoms with van der Waals surface area (Å²) in [6, 6.07) is 4.95. The quantitative estimate of drug-likeness (QED) is 0.879. The number of halogens is 1. The van der Waals surface area contributed by atoms with E-state index in [9.17, 15) is 14.7 Å². The topological polar surface area (TPSA) is 70.8 Å². The minimum Gasteiger partial charge on any atom is -0.481 e. The smallest absolute Gasteiger partial charge is 0.308 e. The van der Waals surface area contributed by atoms with Crippen molar-refractivity contribution in [3.63, 3.8) is 0 Å². The van der Waals surface area contributed by atoms with E-state index in [4.69, 9.17) is 16.0 Å². The average molecular weight is 308 g/mol. The number of rotatable bonds is 4. The molecule has 21 heavy (non-hydrogen) atoms. The largest absolute Gasteiger partial charge is 0.481 e. The second kappa shape index (κ2) is 4.58. The molecule has 3 rings (SSSR count). The first-order valence-electron chi connectivity index (χ1n) is 6.49. The van der Waals surface area contributed by atoms with E-state index in [1.165, 1.54) is 12.3 Å². The monoisotopic (exact) mass is 307 g/mol. The van der Waals surface area contributed by atoms with Crippen LogP contribution in [-0.2, 0) is 4.79 Å². The van der Waals surface area contributed by atoms with E-state index in [1.807, 2.05) is 0 Å². The summed E-state index contributed by atoms with van der Waals surface area (Å²) in [6.45, 7) is 0. The van der Waals surface area contributed by atoms with Crippen molar-refractivity contribution in [3.8, 4) is 0 Å². The lowest BCUT2D eigenvalue weighted by Crippen LogP contribution is -2.41. The van der Waals surface area contributed by atoms with Gasteiger partial charge in [0.05, 0.1) is 22.7 Å². The van der Waals surface area contributed by atoms with Gasteiger partial charge in [-0.1, -0.05) is 11.6 Å². The Labute approximate surface area is 126 Å². The Morgan fingerprint density at radius 1 is 1.43 bits per heavy atom. The fourth-order valence-corrected chi connectivity index (χ4v) is 3.18. The molecule has 0 saturated heterocycles. The van der Waals surface area contributed by atoms with Crippen LogP contribution in [0.15, 0.2) is 28.9 Å². The van der Waals surface area contributed by atoms with Gasteiger partial charge in [0.1, 0.15) is 0 Å². The van der Waals surface area contributed by atoms with E-state index in [0.29, 0.717) is 22.6 Å². The fourth-order valence-electron chi connectivity index (χ4n) is 2.91. The van der Waals surface area contributed by atoms with Gasteiger partial charge in [0.15, 0.2) is 11.4 Å². The van der Waals surface area contributed by atoms with Crippen molar-refractivity contribution in [3.05, 3.63) is 35.0 Å². The number of benzene rings is 1. The fraction of sp³-hybridized carbons (Fsp3) is 0.333. The summed E-state index contributed by atoms with van der Waals surface area (Å²) in [5.41, 5.74) is -0.0453. The van der Waals surface area contributed by atoms with E-state index >= 15 is 0 Å². The van der Waals surface area contributed by atoms with Gasteiger partial charge in [0.2, 0.25) is 0 Å². The normalized spacial score (nSPS) is 24.5. The molecule has 0 aliphatic heterocycles. The van der Waals surface area contributed by atoms with E-state index in [-0.39, 0.29) is 5.78 Å². The molecule has 1 fully saturated rings. The highest BCUT2D eigenvalue weighted by Crippen LogP contribution is 2.50. The molecule has 0 amide bonds. The molecule has 5 nitrogen and oxygen atoms in total. The van der Waals surface area contributed by atoms with Crippen LogP contribution in [0, 0.1) is 5.92 Å². The van der Waals surface area contributed by atoms with Gasteiger partial charge in [-0.3, -0.25) is 14.5 Å². The third kappa shape index (κ3) is 1.96. The van der Waals surface area contributed by atoms with Crippen LogP contribution in [0.3, 0.4) is 0 Å². The molecular weight excluding hydrogens is 294 g/mol. The highest BCUT2D eigenvalue weighted by atomic mass is 35.5. The van der Waals surface area contributed by atoms with Crippen molar-refractivity contribution < 1.29 is 19.1 Å². The van der Waals surface area contributed by atoms with Crippen LogP contribution >= 0.6 is 11.6 Å². The van der Waals surface area contributed by atoms with Crippen molar-refractivity contribution in [2.75, 3.05) is 14.1 Å². The van der Waals surface area contributed by atoms with Gasteiger partial charge in [0, 0.05) is 10.9 Å². The number of hydrogen-bond donors (Lipinski definition) is 1. The van der Waals surface area contributed by atoms with E-state index < -0.39 is 17.4 Å². The maximum absolute atomic E-state index is 12.8. The standard InChI is InChI=1S/C15H14ClNO4/c1-17(2)15(7-10(15)14(19)20)13(18)9-5-8-3-4-21-12(8)11(16)6-9/h3-6,10H,7H2,1-2H3,(H,19,20)/t10-,15-/m1/s1. The first-order chi connectivity index (χ1) is 9.87. The van der Waals surface area contributed by atoms with Crippen LogP contribution in [0.5, 0.6) is 0 Å². The molecule has 2 aromatic rings. The Bertz CT molecular complexity index is 751. The molecule has 1 aliphatic carbocycles. The molecule has 1 heterocycles. The Morgan fingerprint density at radius 3 is 2.71 bits per heavy atom. The molecule has 1 aromatic heterocycles. The number of carbonyl (C=O) groups is 2. The highest BCUT2D eigenvalue weighted by molar-refractivity contribution is 6.35. The Kier molecular flexibility index (Phi) is 3.07. The van der Waals surface area contributed by atoms with E-state index in [2.05, 4.69) is 0 Å². The number of ketones is 1. The maximum Gasteiger partial charge on any atom is 0.308 e. The second-order valence-corrected chi connectivity index (χ2v) is 5.95. The molecule has 2 atom stereocenters. The number of nitrogens with zero attached hydrogens (tertiary/aromatic N) is 1. The van der Waals surface area contributed by atoms with E-state index in [1.54, 1.807) is 31.1 Å². The number of carbonyl (C=O) groups excluding carboxylic acids is 1. The van der Waals surface area contributed by atoms with Gasteiger partial charge in [-0.2, -0.15) is 0 Å². The predicted octanol–water partition coefficient (Wildman–Crippen LogP) is 2.67. The Hall–Kier alpha value is -1.85. The molecular formula is C15H14ClNO4. The summed E-state index contributed by atoms with van der Waals surface area (Å²) in [5, 5.41) is 10.3. The summed E-state index contributed by atoms with van der Waals surface area (Å²) in [7, 11) is 3.44. The van der Waals surface area contributed by atoms with Gasteiger partial charge < -0.3 is 9.52 Å². The Morgan fingerprint density at radius 2 is 2.14 bits per heavy atom. The minimum absolute atomic E-state index is 0.218. The van der Waals surface area contributed by atoms with Gasteiger partial charge in [-0.25, -0.2) is 0 Å². The van der Waals surface area contributed by atoms with Crippen molar-refractivity contribution in [1.29, 1.82) is 0 Å². The van der Waals surface area contributed by atoms with Gasteiger partial charge in [0.25, 0.3) is 0 Å². The molecule has 6 heteroatoms. The van der Waals surface area contributed by atoms with Gasteiger partial charge in [-0.05, 0) is 38.7 Å². The average Bonchev–Trinajstić information content (AvgIpc) is 3.02. The van der Waals surface area contributed by atoms with Gasteiger partial charge in [-0.15, -0.1) is 0 Å².